The average molecular weight is 361 g/mol. The molecule has 3 aromatic rings. The van der Waals surface area contributed by atoms with Crippen molar-refractivity contribution in [2.75, 3.05) is 14.2 Å². The van der Waals surface area contributed by atoms with Gasteiger partial charge in [0.2, 0.25) is 0 Å². The minimum atomic E-state index is -0.448. The largest absolute Gasteiger partial charge is 0.497 e. The number of benzene rings is 3. The molecule has 1 fully saturated rings. The van der Waals surface area contributed by atoms with E-state index in [1.807, 2.05) is 41.3 Å². The molecule has 1 amide bonds. The molecule has 4 rings (SSSR count). The number of amides is 1. The Kier molecular flexibility index (Phi) is 4.58. The number of methoxy groups -OCH3 is 2. The van der Waals surface area contributed by atoms with Crippen molar-refractivity contribution in [1.82, 2.24) is 4.90 Å². The molecule has 1 aliphatic rings. The van der Waals surface area contributed by atoms with Gasteiger partial charge in [-0.05, 0) is 41.0 Å². The zero-order valence-electron chi connectivity index (χ0n) is 15.8. The lowest BCUT2D eigenvalue weighted by molar-refractivity contribution is -0.176. The lowest BCUT2D eigenvalue weighted by atomic mass is 9.86. The summed E-state index contributed by atoms with van der Waals surface area (Å²) in [5.41, 5.74) is 2.20. The molecule has 3 aromatic carbocycles. The smallest absolute Gasteiger partial charge is 0.255 e. The predicted octanol–water partition coefficient (Wildman–Crippen LogP) is 4.51. The van der Waals surface area contributed by atoms with Gasteiger partial charge in [0.15, 0.2) is 6.10 Å². The Morgan fingerprint density at radius 2 is 1.63 bits per heavy atom. The van der Waals surface area contributed by atoms with Gasteiger partial charge in [0.1, 0.15) is 5.75 Å². The third kappa shape index (κ3) is 2.86. The summed E-state index contributed by atoms with van der Waals surface area (Å²) in [6.07, 6.45) is -0.448. The summed E-state index contributed by atoms with van der Waals surface area (Å²) >= 11 is 0. The van der Waals surface area contributed by atoms with Crippen LogP contribution in [0.1, 0.15) is 30.1 Å². The Bertz CT molecular complexity index is 962. The first-order valence-electron chi connectivity index (χ1n) is 9.12. The molecule has 0 N–H and O–H groups in total. The Labute approximate surface area is 159 Å². The summed E-state index contributed by atoms with van der Waals surface area (Å²) in [7, 11) is 3.24. The molecule has 1 heterocycles. The van der Waals surface area contributed by atoms with Crippen LogP contribution in [0.25, 0.3) is 10.8 Å². The summed E-state index contributed by atoms with van der Waals surface area (Å²) in [4.78, 5) is 14.8. The number of hydrogen-bond donors (Lipinski definition) is 0. The van der Waals surface area contributed by atoms with E-state index in [4.69, 9.17) is 9.47 Å². The van der Waals surface area contributed by atoms with Crippen LogP contribution in [-0.4, -0.2) is 31.1 Å². The molecule has 3 atom stereocenters. The summed E-state index contributed by atoms with van der Waals surface area (Å²) in [5.74, 6) is 0.825. The van der Waals surface area contributed by atoms with Crippen LogP contribution in [0.4, 0.5) is 0 Å². The Balaban J connectivity index is 1.72. The fourth-order valence-corrected chi connectivity index (χ4v) is 4.05. The van der Waals surface area contributed by atoms with Crippen molar-refractivity contribution < 1.29 is 14.3 Å². The molecule has 0 spiro atoms. The summed E-state index contributed by atoms with van der Waals surface area (Å²) < 4.78 is 10.8. The second-order valence-corrected chi connectivity index (χ2v) is 6.86. The third-order valence-electron chi connectivity index (χ3n) is 5.49. The second kappa shape index (κ2) is 7.05. The second-order valence-electron chi connectivity index (χ2n) is 6.86. The van der Waals surface area contributed by atoms with Crippen LogP contribution in [0.3, 0.4) is 0 Å². The average Bonchev–Trinajstić information content (AvgIpc) is 2.72. The number of carbonyl (C=O) groups excluding carboxylic acids is 1. The molecule has 0 aliphatic carbocycles. The first-order valence-corrected chi connectivity index (χ1v) is 9.12. The predicted molar refractivity (Wildman–Crippen MR) is 106 cm³/mol. The minimum absolute atomic E-state index is 0.0266. The van der Waals surface area contributed by atoms with Gasteiger partial charge in [-0.1, -0.05) is 54.6 Å². The van der Waals surface area contributed by atoms with E-state index in [9.17, 15) is 4.79 Å². The number of fused-ring (bicyclic) bond motifs is 1. The van der Waals surface area contributed by atoms with E-state index < -0.39 is 6.10 Å². The van der Waals surface area contributed by atoms with Crippen LogP contribution in [0.2, 0.25) is 0 Å². The molecule has 1 saturated heterocycles. The highest BCUT2D eigenvalue weighted by Gasteiger charge is 2.50. The molecular weight excluding hydrogens is 338 g/mol. The molecule has 0 aromatic heterocycles. The van der Waals surface area contributed by atoms with Gasteiger partial charge in [-0.25, -0.2) is 0 Å². The quantitative estimate of drug-likeness (QED) is 0.628. The van der Waals surface area contributed by atoms with Gasteiger partial charge in [-0.15, -0.1) is 0 Å². The highest BCUT2D eigenvalue weighted by atomic mass is 16.5. The fourth-order valence-electron chi connectivity index (χ4n) is 4.05. The lowest BCUT2D eigenvalue weighted by Gasteiger charge is -2.49. The van der Waals surface area contributed by atoms with Crippen molar-refractivity contribution in [3.05, 3.63) is 77.9 Å². The van der Waals surface area contributed by atoms with Crippen molar-refractivity contribution in [3.63, 3.8) is 0 Å². The molecule has 0 saturated carbocycles. The van der Waals surface area contributed by atoms with Gasteiger partial charge < -0.3 is 14.4 Å². The monoisotopic (exact) mass is 361 g/mol. The van der Waals surface area contributed by atoms with E-state index >= 15 is 0 Å². The molecule has 4 nitrogen and oxygen atoms in total. The number of carbonyl (C=O) groups is 1. The van der Waals surface area contributed by atoms with Gasteiger partial charge >= 0.3 is 0 Å². The van der Waals surface area contributed by atoms with E-state index in [0.717, 1.165) is 16.9 Å². The fraction of sp³-hybridized carbons (Fsp3) is 0.261. The van der Waals surface area contributed by atoms with Gasteiger partial charge in [-0.2, -0.15) is 0 Å². The molecule has 0 unspecified atom stereocenters. The van der Waals surface area contributed by atoms with Gasteiger partial charge in [0, 0.05) is 7.11 Å². The summed E-state index contributed by atoms with van der Waals surface area (Å²) in [6, 6.07) is 22.2. The van der Waals surface area contributed by atoms with Gasteiger partial charge in [-0.3, -0.25) is 4.79 Å². The molecule has 0 radical (unpaired) electrons. The van der Waals surface area contributed by atoms with Crippen molar-refractivity contribution in [1.29, 1.82) is 0 Å². The number of hydrogen-bond acceptors (Lipinski definition) is 3. The Morgan fingerprint density at radius 3 is 2.33 bits per heavy atom. The molecule has 27 heavy (non-hydrogen) atoms. The normalized spacial score (nSPS) is 20.4. The zero-order chi connectivity index (χ0) is 19.0. The first kappa shape index (κ1) is 17.6. The van der Waals surface area contributed by atoms with Crippen molar-refractivity contribution in [2.24, 2.45) is 0 Å². The highest BCUT2D eigenvalue weighted by molar-refractivity contribution is 5.91. The van der Waals surface area contributed by atoms with Crippen LogP contribution in [-0.2, 0) is 9.53 Å². The third-order valence-corrected chi connectivity index (χ3v) is 5.49. The number of likely N-dealkylation sites (tertiary alicyclic amines) is 1. The lowest BCUT2D eigenvalue weighted by Crippen LogP contribution is -2.60. The van der Waals surface area contributed by atoms with Gasteiger partial charge in [0.05, 0.1) is 19.2 Å². The van der Waals surface area contributed by atoms with Crippen molar-refractivity contribution >= 4 is 16.7 Å². The molecule has 4 heteroatoms. The number of β-lactam (4-membered cyclic amide) rings is 1. The van der Waals surface area contributed by atoms with Crippen LogP contribution in [0.5, 0.6) is 5.75 Å². The highest BCUT2D eigenvalue weighted by Crippen LogP contribution is 2.44. The van der Waals surface area contributed by atoms with Crippen LogP contribution >= 0.6 is 0 Å². The van der Waals surface area contributed by atoms with E-state index in [2.05, 4.69) is 37.3 Å². The SMILES string of the molecule is COc1ccc([C@H]2[C@@H](OC)C(=O)N2[C@@H](C)c2cccc3ccccc23)cc1. The Hall–Kier alpha value is -2.85. The number of nitrogens with zero attached hydrogens (tertiary/aromatic N) is 1. The van der Waals surface area contributed by atoms with Crippen molar-refractivity contribution in [2.45, 2.75) is 25.1 Å². The number of rotatable bonds is 5. The zero-order valence-corrected chi connectivity index (χ0v) is 15.8. The number of ether oxygens (including phenoxy) is 2. The molecule has 1 aliphatic heterocycles. The molecular formula is C23H23NO3. The maximum Gasteiger partial charge on any atom is 0.255 e. The standard InChI is InChI=1S/C23H23NO3/c1-15(19-10-6-8-16-7-4-5-9-20(16)19)24-21(22(27-3)23(24)25)17-11-13-18(26-2)14-12-17/h4-15,21-22H,1-3H3/t15-,21-,22+/m0/s1. The van der Waals surface area contributed by atoms with Crippen LogP contribution in [0.15, 0.2) is 66.7 Å². The molecule has 0 bridgehead atoms. The molecule has 138 valence electrons. The van der Waals surface area contributed by atoms with E-state index in [1.54, 1.807) is 14.2 Å². The Morgan fingerprint density at radius 1 is 0.926 bits per heavy atom. The van der Waals surface area contributed by atoms with E-state index in [0.29, 0.717) is 0 Å². The summed E-state index contributed by atoms with van der Waals surface area (Å²) in [6.45, 7) is 2.09. The van der Waals surface area contributed by atoms with E-state index in [1.165, 1.54) is 10.8 Å². The van der Waals surface area contributed by atoms with Crippen LogP contribution < -0.4 is 4.74 Å². The van der Waals surface area contributed by atoms with E-state index in [-0.39, 0.29) is 18.0 Å². The maximum atomic E-state index is 12.8. The maximum absolute atomic E-state index is 12.8. The van der Waals surface area contributed by atoms with Crippen LogP contribution in [0, 0.1) is 0 Å². The van der Waals surface area contributed by atoms with Gasteiger partial charge in [0.25, 0.3) is 5.91 Å². The topological polar surface area (TPSA) is 38.8 Å². The first-order chi connectivity index (χ1) is 13.2. The minimum Gasteiger partial charge on any atom is -0.497 e. The van der Waals surface area contributed by atoms with Crippen molar-refractivity contribution in [3.8, 4) is 5.75 Å². The summed E-state index contributed by atoms with van der Waals surface area (Å²) in [5, 5.41) is 2.36.